The summed E-state index contributed by atoms with van der Waals surface area (Å²) in [7, 11) is 2.19. The van der Waals surface area contributed by atoms with Crippen LogP contribution < -0.4 is 0 Å². The molecule has 2 aromatic heterocycles. The molecular weight excluding hydrogens is 280 g/mol. The summed E-state index contributed by atoms with van der Waals surface area (Å²) in [6.07, 6.45) is 6.71. The zero-order valence-corrected chi connectivity index (χ0v) is 12.5. The Balaban J connectivity index is 0.000000163. The molecule has 0 atom stereocenters. The van der Waals surface area contributed by atoms with Crippen molar-refractivity contribution in [3.05, 3.63) is 28.2 Å². The lowest BCUT2D eigenvalue weighted by Gasteiger charge is -2.20. The highest BCUT2D eigenvalue weighted by Crippen LogP contribution is 2.28. The SMILES string of the molecule is CN1CCCCC1.O=Cc1cc2nccc(Cl)c2s1. The van der Waals surface area contributed by atoms with Gasteiger partial charge in [-0.1, -0.05) is 18.0 Å². The Hall–Kier alpha value is -0.970. The molecule has 0 aromatic carbocycles. The lowest BCUT2D eigenvalue weighted by molar-refractivity contribution is 0.112. The number of aldehydes is 1. The largest absolute Gasteiger partial charge is 0.306 e. The van der Waals surface area contributed by atoms with Crippen molar-refractivity contribution in [2.24, 2.45) is 0 Å². The summed E-state index contributed by atoms with van der Waals surface area (Å²) in [6, 6.07) is 3.45. The Labute approximate surface area is 122 Å². The fourth-order valence-corrected chi connectivity index (χ4v) is 3.14. The van der Waals surface area contributed by atoms with Gasteiger partial charge < -0.3 is 4.90 Å². The van der Waals surface area contributed by atoms with Gasteiger partial charge >= 0.3 is 0 Å². The van der Waals surface area contributed by atoms with Crippen LogP contribution in [0.4, 0.5) is 0 Å². The predicted octanol–water partition coefficient (Wildman–Crippen LogP) is 3.86. The number of carbonyl (C=O) groups is 1. The number of halogens is 1. The van der Waals surface area contributed by atoms with Crippen LogP contribution in [-0.4, -0.2) is 36.3 Å². The summed E-state index contributed by atoms with van der Waals surface area (Å²) in [4.78, 5) is 17.6. The summed E-state index contributed by atoms with van der Waals surface area (Å²) in [5, 5.41) is 0.651. The lowest BCUT2D eigenvalue weighted by Crippen LogP contribution is -2.24. The van der Waals surface area contributed by atoms with Gasteiger partial charge in [0, 0.05) is 6.20 Å². The van der Waals surface area contributed by atoms with E-state index in [2.05, 4.69) is 16.9 Å². The molecule has 3 rings (SSSR count). The molecule has 0 N–H and O–H groups in total. The monoisotopic (exact) mass is 296 g/mol. The third-order valence-electron chi connectivity index (χ3n) is 3.08. The smallest absolute Gasteiger partial charge is 0.160 e. The van der Waals surface area contributed by atoms with E-state index in [0.29, 0.717) is 9.90 Å². The maximum Gasteiger partial charge on any atom is 0.160 e. The Morgan fingerprint density at radius 2 is 2.11 bits per heavy atom. The van der Waals surface area contributed by atoms with E-state index >= 15 is 0 Å². The van der Waals surface area contributed by atoms with Crippen molar-refractivity contribution in [3.8, 4) is 0 Å². The van der Waals surface area contributed by atoms with Crippen molar-refractivity contribution >= 4 is 39.4 Å². The number of likely N-dealkylation sites (tertiary alicyclic amines) is 1. The normalized spacial score (nSPS) is 15.9. The van der Waals surface area contributed by atoms with E-state index in [1.54, 1.807) is 18.3 Å². The van der Waals surface area contributed by atoms with E-state index in [0.717, 1.165) is 16.5 Å². The first-order chi connectivity index (χ1) is 9.20. The molecule has 0 aliphatic carbocycles. The molecule has 0 saturated carbocycles. The van der Waals surface area contributed by atoms with E-state index < -0.39 is 0 Å². The average molecular weight is 297 g/mol. The van der Waals surface area contributed by atoms with Crippen LogP contribution in [0.5, 0.6) is 0 Å². The molecule has 0 radical (unpaired) electrons. The van der Waals surface area contributed by atoms with Gasteiger partial charge in [0.1, 0.15) is 0 Å². The highest BCUT2D eigenvalue weighted by atomic mass is 35.5. The number of hydrogen-bond donors (Lipinski definition) is 0. The highest BCUT2D eigenvalue weighted by molar-refractivity contribution is 7.21. The molecule has 19 heavy (non-hydrogen) atoms. The Kier molecular flexibility index (Phi) is 5.31. The van der Waals surface area contributed by atoms with Crippen molar-refractivity contribution < 1.29 is 4.79 Å². The molecule has 102 valence electrons. The quantitative estimate of drug-likeness (QED) is 0.749. The van der Waals surface area contributed by atoms with Gasteiger partial charge in [-0.05, 0) is 45.1 Å². The van der Waals surface area contributed by atoms with Gasteiger partial charge in [-0.15, -0.1) is 11.3 Å². The fourth-order valence-electron chi connectivity index (χ4n) is 2.04. The van der Waals surface area contributed by atoms with Crippen LogP contribution in [0, 0.1) is 0 Å². The minimum absolute atomic E-state index is 0.651. The maximum absolute atomic E-state index is 10.4. The number of piperidine rings is 1. The molecular formula is C14H17ClN2OS. The highest BCUT2D eigenvalue weighted by Gasteiger charge is 2.04. The summed E-state index contributed by atoms with van der Waals surface area (Å²) in [6.45, 7) is 2.64. The number of aromatic nitrogens is 1. The first-order valence-electron chi connectivity index (χ1n) is 6.38. The van der Waals surface area contributed by atoms with Crippen molar-refractivity contribution in [2.75, 3.05) is 20.1 Å². The van der Waals surface area contributed by atoms with E-state index in [4.69, 9.17) is 11.6 Å². The topological polar surface area (TPSA) is 33.2 Å². The molecule has 0 spiro atoms. The minimum Gasteiger partial charge on any atom is -0.306 e. The molecule has 1 aliphatic heterocycles. The Bertz CT molecular complexity index is 549. The van der Waals surface area contributed by atoms with Crippen LogP contribution in [0.2, 0.25) is 5.02 Å². The van der Waals surface area contributed by atoms with Crippen LogP contribution >= 0.6 is 22.9 Å². The first kappa shape index (κ1) is 14.4. The fraction of sp³-hybridized carbons (Fsp3) is 0.429. The predicted molar refractivity (Wildman–Crippen MR) is 81.4 cm³/mol. The third kappa shape index (κ3) is 4.00. The minimum atomic E-state index is 0.651. The molecule has 1 aliphatic rings. The van der Waals surface area contributed by atoms with Gasteiger partial charge in [0.25, 0.3) is 0 Å². The number of nitrogens with zero attached hydrogens (tertiary/aromatic N) is 2. The van der Waals surface area contributed by atoms with Crippen LogP contribution in [0.3, 0.4) is 0 Å². The number of pyridine rings is 1. The number of thiophene rings is 1. The Morgan fingerprint density at radius 3 is 2.63 bits per heavy atom. The van der Waals surface area contributed by atoms with Crippen LogP contribution in [0.25, 0.3) is 10.2 Å². The lowest BCUT2D eigenvalue weighted by atomic mass is 10.1. The number of rotatable bonds is 1. The van der Waals surface area contributed by atoms with Gasteiger partial charge in [-0.25, -0.2) is 0 Å². The summed E-state index contributed by atoms with van der Waals surface area (Å²) in [5.41, 5.74) is 0.787. The second-order valence-electron chi connectivity index (χ2n) is 4.64. The van der Waals surface area contributed by atoms with Crippen molar-refractivity contribution in [1.82, 2.24) is 9.88 Å². The van der Waals surface area contributed by atoms with E-state index in [1.165, 1.54) is 43.7 Å². The van der Waals surface area contributed by atoms with Crippen LogP contribution in [-0.2, 0) is 0 Å². The second kappa shape index (κ2) is 6.98. The molecule has 3 nitrogen and oxygen atoms in total. The third-order valence-corrected chi connectivity index (χ3v) is 4.59. The van der Waals surface area contributed by atoms with Gasteiger partial charge in [0.2, 0.25) is 0 Å². The molecule has 1 fully saturated rings. The van der Waals surface area contributed by atoms with Gasteiger partial charge in [0.15, 0.2) is 6.29 Å². The summed E-state index contributed by atoms with van der Waals surface area (Å²) >= 11 is 7.24. The molecule has 5 heteroatoms. The molecule has 0 unspecified atom stereocenters. The number of hydrogen-bond acceptors (Lipinski definition) is 4. The molecule has 3 heterocycles. The summed E-state index contributed by atoms with van der Waals surface area (Å²) < 4.78 is 0.876. The molecule has 1 saturated heterocycles. The number of carbonyl (C=O) groups excluding carboxylic acids is 1. The molecule has 2 aromatic rings. The van der Waals surface area contributed by atoms with Gasteiger partial charge in [-0.3, -0.25) is 9.78 Å². The van der Waals surface area contributed by atoms with Crippen molar-refractivity contribution in [2.45, 2.75) is 19.3 Å². The second-order valence-corrected chi connectivity index (χ2v) is 6.13. The van der Waals surface area contributed by atoms with Crippen molar-refractivity contribution in [3.63, 3.8) is 0 Å². The van der Waals surface area contributed by atoms with E-state index in [1.807, 2.05) is 0 Å². The summed E-state index contributed by atoms with van der Waals surface area (Å²) in [5.74, 6) is 0. The first-order valence-corrected chi connectivity index (χ1v) is 7.58. The zero-order chi connectivity index (χ0) is 13.7. The molecule has 0 amide bonds. The maximum atomic E-state index is 10.4. The van der Waals surface area contributed by atoms with Crippen LogP contribution in [0.15, 0.2) is 18.3 Å². The molecule has 0 bridgehead atoms. The zero-order valence-electron chi connectivity index (χ0n) is 10.9. The van der Waals surface area contributed by atoms with Crippen LogP contribution in [0.1, 0.15) is 28.9 Å². The van der Waals surface area contributed by atoms with Gasteiger partial charge in [-0.2, -0.15) is 0 Å². The van der Waals surface area contributed by atoms with E-state index in [-0.39, 0.29) is 0 Å². The standard InChI is InChI=1S/C8H4ClNOS.C6H13N/c9-6-1-2-10-7-3-5(4-11)12-8(6)7;1-7-5-3-2-4-6-7/h1-4H;2-6H2,1H3. The Morgan fingerprint density at radius 1 is 1.37 bits per heavy atom. The average Bonchev–Trinajstić information content (AvgIpc) is 2.85. The van der Waals surface area contributed by atoms with Crippen molar-refractivity contribution in [1.29, 1.82) is 0 Å². The van der Waals surface area contributed by atoms with E-state index in [9.17, 15) is 4.79 Å². The number of fused-ring (bicyclic) bond motifs is 1. The van der Waals surface area contributed by atoms with Gasteiger partial charge in [0.05, 0.1) is 20.1 Å².